The van der Waals surface area contributed by atoms with Gasteiger partial charge < -0.3 is 30.0 Å². The summed E-state index contributed by atoms with van der Waals surface area (Å²) >= 11 is 5.97. The van der Waals surface area contributed by atoms with Crippen LogP contribution in [0.15, 0.2) is 36.5 Å². The van der Waals surface area contributed by atoms with Gasteiger partial charge in [-0.15, -0.1) is 13.2 Å². The van der Waals surface area contributed by atoms with Crippen molar-refractivity contribution in [1.82, 2.24) is 19.4 Å². The number of hydrogen-bond donors (Lipinski definition) is 2. The highest BCUT2D eigenvalue weighted by molar-refractivity contribution is 6.28. The second-order valence-electron chi connectivity index (χ2n) is 8.86. The molecule has 2 aromatic rings. The monoisotopic (exact) mass is 547 g/mol. The smallest absolute Gasteiger partial charge is 0.465 e. The van der Waals surface area contributed by atoms with Crippen LogP contribution in [0.5, 0.6) is 5.75 Å². The highest BCUT2D eigenvalue weighted by atomic mass is 35.5. The van der Waals surface area contributed by atoms with Gasteiger partial charge in [-0.1, -0.05) is 24.3 Å². The number of halogens is 4. The summed E-state index contributed by atoms with van der Waals surface area (Å²) in [4.78, 5) is 28.6. The van der Waals surface area contributed by atoms with Crippen molar-refractivity contribution in [2.24, 2.45) is 0 Å². The quantitative estimate of drug-likeness (QED) is 0.357. The average Bonchev–Trinajstić information content (AvgIpc) is 3.14. The van der Waals surface area contributed by atoms with E-state index in [0.29, 0.717) is 18.5 Å². The molecule has 1 aromatic heterocycles. The first-order valence-corrected chi connectivity index (χ1v) is 11.4. The molecule has 1 aliphatic heterocycles. The summed E-state index contributed by atoms with van der Waals surface area (Å²) in [6.45, 7) is 2.30. The minimum Gasteiger partial charge on any atom is -0.465 e. The molecule has 11 nitrogen and oxygen atoms in total. The number of aromatic nitrogens is 2. The molecular formula is C22H25ClF3N5O6. The Morgan fingerprint density at radius 3 is 2.54 bits per heavy atom. The predicted octanol–water partition coefficient (Wildman–Crippen LogP) is 3.86. The van der Waals surface area contributed by atoms with Gasteiger partial charge in [0.1, 0.15) is 11.9 Å². The fourth-order valence-electron chi connectivity index (χ4n) is 4.07. The molecule has 0 unspecified atom stereocenters. The molecule has 1 fully saturated rings. The second kappa shape index (κ2) is 11.4. The number of benzene rings is 1. The summed E-state index contributed by atoms with van der Waals surface area (Å²) in [5.74, 6) is -0.789. The molecule has 2 atom stereocenters. The zero-order valence-electron chi connectivity index (χ0n) is 19.6. The number of nitro groups is 1. The number of aliphatic hydroxyl groups is 1. The number of β-amino-alcohol motifs (C(OH)–C–C–N with tert-alkyl or cyclic N) is 1. The molecule has 1 amide bonds. The maximum atomic E-state index is 12.3. The Morgan fingerprint density at radius 2 is 1.97 bits per heavy atom. The van der Waals surface area contributed by atoms with Crippen LogP contribution in [0.1, 0.15) is 18.9 Å². The molecule has 0 saturated carbocycles. The number of rotatable bonds is 9. The maximum absolute atomic E-state index is 12.3. The minimum atomic E-state index is -4.78. The van der Waals surface area contributed by atoms with E-state index in [0.717, 1.165) is 6.20 Å². The first-order chi connectivity index (χ1) is 17.2. The lowest BCUT2D eigenvalue weighted by Gasteiger charge is -2.43. The number of carbonyl (C=O) groups is 1. The molecule has 3 rings (SSSR count). The van der Waals surface area contributed by atoms with Gasteiger partial charge in [0.15, 0.2) is 0 Å². The Hall–Kier alpha value is -3.36. The van der Waals surface area contributed by atoms with Gasteiger partial charge >= 0.3 is 23.6 Å². The summed E-state index contributed by atoms with van der Waals surface area (Å²) in [5.41, 5.74) is -0.768. The highest BCUT2D eigenvalue weighted by Gasteiger charge is 2.35. The molecule has 0 radical (unpaired) electrons. The van der Waals surface area contributed by atoms with E-state index in [2.05, 4.69) is 9.72 Å². The number of hydrogen-bond acceptors (Lipinski definition) is 7. The fourth-order valence-corrected chi connectivity index (χ4v) is 4.27. The first-order valence-electron chi connectivity index (χ1n) is 11.1. The molecule has 2 heterocycles. The van der Waals surface area contributed by atoms with Gasteiger partial charge in [0, 0.05) is 32.2 Å². The second-order valence-corrected chi connectivity index (χ2v) is 9.20. The lowest BCUT2D eigenvalue weighted by atomic mass is 10.0. The third-order valence-electron chi connectivity index (χ3n) is 5.66. The maximum Gasteiger partial charge on any atom is 0.573 e. The van der Waals surface area contributed by atoms with Crippen LogP contribution in [0.3, 0.4) is 0 Å². The van der Waals surface area contributed by atoms with Crippen molar-refractivity contribution in [3.8, 4) is 5.75 Å². The van der Waals surface area contributed by atoms with Crippen molar-refractivity contribution in [2.45, 2.75) is 37.9 Å². The molecule has 2 N–H and O–H groups in total. The number of nitrogens with zero attached hydrogens (tertiary/aromatic N) is 5. The van der Waals surface area contributed by atoms with Gasteiger partial charge in [0.25, 0.3) is 0 Å². The summed E-state index contributed by atoms with van der Waals surface area (Å²) in [6, 6.07) is 4.98. The van der Waals surface area contributed by atoms with Crippen molar-refractivity contribution in [2.75, 3.05) is 26.2 Å². The SMILES string of the molecule is C[C@](O)(CN1CCN(C(=O)O)C[C@@H]1CC=Cc1ccc(OC(F)(F)F)cc1)Cn1cc([N+](=O)[O-])nc1Cl. The van der Waals surface area contributed by atoms with E-state index in [4.69, 9.17) is 11.6 Å². The Morgan fingerprint density at radius 1 is 1.30 bits per heavy atom. The van der Waals surface area contributed by atoms with Crippen molar-refractivity contribution < 1.29 is 37.8 Å². The van der Waals surface area contributed by atoms with E-state index in [9.17, 15) is 38.3 Å². The third-order valence-corrected chi connectivity index (χ3v) is 5.97. The topological polar surface area (TPSA) is 134 Å². The number of imidazole rings is 1. The Kier molecular flexibility index (Phi) is 8.66. The zero-order chi connectivity index (χ0) is 27.4. The van der Waals surface area contributed by atoms with Crippen molar-refractivity contribution in [3.63, 3.8) is 0 Å². The van der Waals surface area contributed by atoms with Crippen molar-refractivity contribution >= 4 is 29.6 Å². The molecule has 1 saturated heterocycles. The van der Waals surface area contributed by atoms with E-state index in [1.54, 1.807) is 12.2 Å². The molecular weight excluding hydrogens is 523 g/mol. The molecule has 0 aliphatic carbocycles. The standard InChI is InChI=1S/C22H25ClF3N5O6/c1-21(34,14-30-12-18(31(35)36)27-19(30)23)13-29-10-9-28(20(32)33)11-16(29)4-2-3-15-5-7-17(8-6-15)37-22(24,25)26/h2-3,5-8,12,16,34H,4,9-11,13-14H2,1H3,(H,32,33)/t16-,21-/m0/s1. The van der Waals surface area contributed by atoms with E-state index in [1.807, 2.05) is 4.90 Å². The van der Waals surface area contributed by atoms with Crippen molar-refractivity contribution in [1.29, 1.82) is 0 Å². The summed E-state index contributed by atoms with van der Waals surface area (Å²) < 4.78 is 42.1. The van der Waals surface area contributed by atoms with Gasteiger partial charge in [-0.25, -0.2) is 4.79 Å². The Labute approximate surface area is 214 Å². The van der Waals surface area contributed by atoms with Gasteiger partial charge in [-0.05, 0) is 52.5 Å². The lowest BCUT2D eigenvalue weighted by Crippen LogP contribution is -2.58. The predicted molar refractivity (Wildman–Crippen MR) is 126 cm³/mol. The fraction of sp³-hybridized carbons (Fsp3) is 0.455. The zero-order valence-corrected chi connectivity index (χ0v) is 20.4. The van der Waals surface area contributed by atoms with E-state index in [1.165, 1.54) is 40.7 Å². The Balaban J connectivity index is 1.68. The number of amides is 1. The van der Waals surface area contributed by atoms with E-state index < -0.39 is 28.8 Å². The van der Waals surface area contributed by atoms with Crippen LogP contribution in [0, 0.1) is 10.1 Å². The molecule has 1 aliphatic rings. The molecule has 15 heteroatoms. The van der Waals surface area contributed by atoms with Gasteiger partial charge in [0.05, 0.1) is 12.1 Å². The molecule has 0 spiro atoms. The van der Waals surface area contributed by atoms with Gasteiger partial charge in [-0.2, -0.15) is 0 Å². The highest BCUT2D eigenvalue weighted by Crippen LogP contribution is 2.24. The third kappa shape index (κ3) is 8.33. The summed E-state index contributed by atoms with van der Waals surface area (Å²) in [7, 11) is 0. The molecule has 0 bridgehead atoms. The van der Waals surface area contributed by atoms with Gasteiger partial charge in [0.2, 0.25) is 0 Å². The van der Waals surface area contributed by atoms with Gasteiger partial charge in [-0.3, -0.25) is 9.47 Å². The number of alkyl halides is 3. The number of carboxylic acid groups (broad SMARTS) is 1. The molecule has 1 aromatic carbocycles. The molecule has 37 heavy (non-hydrogen) atoms. The van der Waals surface area contributed by atoms with E-state index in [-0.39, 0.29) is 43.3 Å². The average molecular weight is 548 g/mol. The van der Waals surface area contributed by atoms with Crippen LogP contribution in [-0.4, -0.2) is 84.8 Å². The van der Waals surface area contributed by atoms with E-state index >= 15 is 0 Å². The number of ether oxygens (including phenoxy) is 1. The Bertz CT molecular complexity index is 1140. The van der Waals surface area contributed by atoms with Crippen LogP contribution < -0.4 is 4.74 Å². The largest absolute Gasteiger partial charge is 0.573 e. The van der Waals surface area contributed by atoms with Crippen LogP contribution in [0.25, 0.3) is 6.08 Å². The van der Waals surface area contributed by atoms with Crippen molar-refractivity contribution in [3.05, 3.63) is 57.5 Å². The summed E-state index contributed by atoms with van der Waals surface area (Å²) in [5, 5.41) is 31.3. The number of piperazine rings is 1. The minimum absolute atomic E-state index is 0.0826. The summed E-state index contributed by atoms with van der Waals surface area (Å²) in [6.07, 6.45) is -0.872. The van der Waals surface area contributed by atoms with Crippen LogP contribution in [0.4, 0.5) is 23.8 Å². The molecule has 202 valence electrons. The van der Waals surface area contributed by atoms with Crippen LogP contribution in [0.2, 0.25) is 5.28 Å². The normalized spacial score (nSPS) is 18.6. The first kappa shape index (κ1) is 28.2. The van der Waals surface area contributed by atoms with Crippen LogP contribution >= 0.6 is 11.6 Å². The van der Waals surface area contributed by atoms with Crippen LogP contribution in [-0.2, 0) is 6.54 Å². The lowest BCUT2D eigenvalue weighted by molar-refractivity contribution is -0.389.